The molecule has 0 bridgehead atoms. The molecule has 0 spiro atoms. The number of methoxy groups -OCH3 is 1. The van der Waals surface area contributed by atoms with Crippen LogP contribution >= 0.6 is 0 Å². The number of rotatable bonds is 4. The lowest BCUT2D eigenvalue weighted by molar-refractivity contribution is -0.137. The zero-order chi connectivity index (χ0) is 21.4. The van der Waals surface area contributed by atoms with Crippen molar-refractivity contribution in [2.24, 2.45) is 0 Å². The van der Waals surface area contributed by atoms with Gasteiger partial charge in [0.05, 0.1) is 17.6 Å². The number of pyridine rings is 2. The Kier molecular flexibility index (Phi) is 5.22. The van der Waals surface area contributed by atoms with Crippen molar-refractivity contribution in [3.8, 4) is 28.1 Å². The zero-order valence-electron chi connectivity index (χ0n) is 15.4. The second-order valence-electron chi connectivity index (χ2n) is 6.19. The molecule has 3 rings (SSSR count). The highest BCUT2D eigenvalue weighted by Gasteiger charge is 2.35. The summed E-state index contributed by atoms with van der Waals surface area (Å²) in [6.07, 6.45) is -1.24. The molecule has 2 heterocycles. The fourth-order valence-electron chi connectivity index (χ4n) is 2.88. The summed E-state index contributed by atoms with van der Waals surface area (Å²) in [6, 6.07) is 7.41. The molecule has 2 N–H and O–H groups in total. The van der Waals surface area contributed by atoms with E-state index in [-0.39, 0.29) is 22.5 Å². The molecule has 0 amide bonds. The van der Waals surface area contributed by atoms with Gasteiger partial charge in [-0.2, -0.15) is 13.2 Å². The summed E-state index contributed by atoms with van der Waals surface area (Å²) in [5, 5.41) is 0. The standard InChI is InChI=1S/C19H16F3N3O3S/c1-28-16-6-3-11(10-25-16)17-14(7-8-24-18(17)23)13-5-4-12(29(2,26)27)9-15(13)19(20,21)22/h3-10H,1-2H3,(H2,23,24). The molecule has 3 aromatic rings. The predicted molar refractivity (Wildman–Crippen MR) is 102 cm³/mol. The number of nitrogens with two attached hydrogens (primary N) is 1. The van der Waals surface area contributed by atoms with Gasteiger partial charge in [0.2, 0.25) is 5.88 Å². The van der Waals surface area contributed by atoms with E-state index >= 15 is 0 Å². The van der Waals surface area contributed by atoms with Gasteiger partial charge >= 0.3 is 6.18 Å². The summed E-state index contributed by atoms with van der Waals surface area (Å²) in [6.45, 7) is 0. The minimum Gasteiger partial charge on any atom is -0.481 e. The Hall–Kier alpha value is -3.14. The van der Waals surface area contributed by atoms with Gasteiger partial charge in [-0.3, -0.25) is 0 Å². The molecule has 10 heteroatoms. The van der Waals surface area contributed by atoms with Crippen LogP contribution in [0.4, 0.5) is 19.0 Å². The largest absolute Gasteiger partial charge is 0.481 e. The van der Waals surface area contributed by atoms with Crippen LogP contribution in [0.25, 0.3) is 22.3 Å². The van der Waals surface area contributed by atoms with Crippen molar-refractivity contribution in [1.82, 2.24) is 9.97 Å². The number of aromatic nitrogens is 2. The van der Waals surface area contributed by atoms with Crippen LogP contribution in [0.3, 0.4) is 0 Å². The second kappa shape index (κ2) is 7.36. The molecule has 0 atom stereocenters. The summed E-state index contributed by atoms with van der Waals surface area (Å²) in [4.78, 5) is 7.61. The molecular weight excluding hydrogens is 407 g/mol. The third kappa shape index (κ3) is 4.16. The molecule has 2 aromatic heterocycles. The third-order valence-electron chi connectivity index (χ3n) is 4.23. The van der Waals surface area contributed by atoms with Crippen LogP contribution in [0, 0.1) is 0 Å². The van der Waals surface area contributed by atoms with Gasteiger partial charge in [-0.1, -0.05) is 6.07 Å². The average Bonchev–Trinajstić information content (AvgIpc) is 2.66. The van der Waals surface area contributed by atoms with Crippen molar-refractivity contribution in [3.63, 3.8) is 0 Å². The fraction of sp³-hybridized carbons (Fsp3) is 0.158. The number of benzene rings is 1. The Balaban J connectivity index is 2.30. The lowest BCUT2D eigenvalue weighted by Gasteiger charge is -2.18. The van der Waals surface area contributed by atoms with Crippen LogP contribution in [0.15, 0.2) is 53.7 Å². The molecule has 0 aliphatic heterocycles. The molecule has 6 nitrogen and oxygen atoms in total. The molecule has 1 aromatic carbocycles. The Bertz CT molecular complexity index is 1160. The normalized spacial score (nSPS) is 12.0. The summed E-state index contributed by atoms with van der Waals surface area (Å²) >= 11 is 0. The number of nitrogens with zero attached hydrogens (tertiary/aromatic N) is 2. The maximum Gasteiger partial charge on any atom is 0.417 e. The van der Waals surface area contributed by atoms with Crippen molar-refractivity contribution in [2.45, 2.75) is 11.1 Å². The SMILES string of the molecule is COc1ccc(-c2c(-c3ccc(S(C)(=O)=O)cc3C(F)(F)F)ccnc2N)cn1. The third-order valence-corrected chi connectivity index (χ3v) is 5.34. The number of nitrogen functional groups attached to an aromatic ring is 1. The number of ether oxygens (including phenoxy) is 1. The van der Waals surface area contributed by atoms with E-state index < -0.39 is 26.5 Å². The van der Waals surface area contributed by atoms with Crippen molar-refractivity contribution >= 4 is 15.7 Å². The monoisotopic (exact) mass is 423 g/mol. The predicted octanol–water partition coefficient (Wildman–Crippen LogP) is 3.82. The van der Waals surface area contributed by atoms with E-state index in [2.05, 4.69) is 9.97 Å². The number of anilines is 1. The van der Waals surface area contributed by atoms with Gasteiger partial charge in [-0.15, -0.1) is 0 Å². The number of alkyl halides is 3. The van der Waals surface area contributed by atoms with Gasteiger partial charge in [0, 0.05) is 35.8 Å². The Morgan fingerprint density at radius 3 is 2.31 bits per heavy atom. The molecular formula is C19H16F3N3O3S. The van der Waals surface area contributed by atoms with E-state index in [1.807, 2.05) is 0 Å². The molecule has 0 saturated heterocycles. The van der Waals surface area contributed by atoms with E-state index in [1.165, 1.54) is 25.6 Å². The first-order valence-corrected chi connectivity index (χ1v) is 10.1. The summed E-state index contributed by atoms with van der Waals surface area (Å²) in [5.74, 6) is 0.334. The van der Waals surface area contributed by atoms with Crippen LogP contribution < -0.4 is 10.5 Å². The Morgan fingerprint density at radius 2 is 1.76 bits per heavy atom. The molecule has 0 saturated carbocycles. The lowest BCUT2D eigenvalue weighted by Crippen LogP contribution is -2.10. The summed E-state index contributed by atoms with van der Waals surface area (Å²) in [5.41, 5.74) is 5.50. The quantitative estimate of drug-likeness (QED) is 0.685. The van der Waals surface area contributed by atoms with Gasteiger partial charge in [0.25, 0.3) is 0 Å². The van der Waals surface area contributed by atoms with Gasteiger partial charge in [0.1, 0.15) is 5.82 Å². The smallest absolute Gasteiger partial charge is 0.417 e. The highest BCUT2D eigenvalue weighted by Crippen LogP contribution is 2.43. The Morgan fingerprint density at radius 1 is 1.03 bits per heavy atom. The van der Waals surface area contributed by atoms with Gasteiger partial charge in [0.15, 0.2) is 9.84 Å². The molecule has 0 aliphatic rings. The fourth-order valence-corrected chi connectivity index (χ4v) is 3.53. The lowest BCUT2D eigenvalue weighted by atomic mass is 9.93. The molecule has 0 unspecified atom stereocenters. The highest BCUT2D eigenvalue weighted by molar-refractivity contribution is 7.90. The second-order valence-corrected chi connectivity index (χ2v) is 8.20. The molecule has 0 radical (unpaired) electrons. The van der Waals surface area contributed by atoms with Gasteiger partial charge in [-0.05, 0) is 35.4 Å². The first-order chi connectivity index (χ1) is 13.5. The zero-order valence-corrected chi connectivity index (χ0v) is 16.2. The number of hydrogen-bond acceptors (Lipinski definition) is 6. The van der Waals surface area contributed by atoms with Gasteiger partial charge in [-0.25, -0.2) is 18.4 Å². The maximum atomic E-state index is 13.8. The van der Waals surface area contributed by atoms with Crippen LogP contribution in [-0.2, 0) is 16.0 Å². The van der Waals surface area contributed by atoms with Crippen molar-refractivity contribution in [3.05, 3.63) is 54.4 Å². The van der Waals surface area contributed by atoms with Crippen LogP contribution in [0.2, 0.25) is 0 Å². The van der Waals surface area contributed by atoms with E-state index in [9.17, 15) is 21.6 Å². The van der Waals surface area contributed by atoms with E-state index in [0.29, 0.717) is 17.5 Å². The van der Waals surface area contributed by atoms with Crippen molar-refractivity contribution in [1.29, 1.82) is 0 Å². The van der Waals surface area contributed by atoms with Crippen LogP contribution in [0.1, 0.15) is 5.56 Å². The summed E-state index contributed by atoms with van der Waals surface area (Å²) < 4.78 is 69.8. The van der Waals surface area contributed by atoms with Crippen LogP contribution in [-0.4, -0.2) is 31.8 Å². The maximum absolute atomic E-state index is 13.8. The topological polar surface area (TPSA) is 95.2 Å². The van der Waals surface area contributed by atoms with E-state index in [1.54, 1.807) is 12.1 Å². The number of hydrogen-bond donors (Lipinski definition) is 1. The average molecular weight is 423 g/mol. The molecule has 0 fully saturated rings. The molecule has 152 valence electrons. The number of sulfone groups is 1. The molecule has 0 aliphatic carbocycles. The molecule has 29 heavy (non-hydrogen) atoms. The highest BCUT2D eigenvalue weighted by atomic mass is 32.2. The van der Waals surface area contributed by atoms with Crippen molar-refractivity contribution in [2.75, 3.05) is 19.1 Å². The van der Waals surface area contributed by atoms with E-state index in [0.717, 1.165) is 18.4 Å². The minimum absolute atomic E-state index is 0.00906. The van der Waals surface area contributed by atoms with E-state index in [4.69, 9.17) is 10.5 Å². The van der Waals surface area contributed by atoms with Crippen LogP contribution in [0.5, 0.6) is 5.88 Å². The Labute approximate surface area is 165 Å². The number of halogens is 3. The summed E-state index contributed by atoms with van der Waals surface area (Å²) in [7, 11) is -2.39. The first-order valence-electron chi connectivity index (χ1n) is 8.19. The minimum atomic E-state index is -4.79. The van der Waals surface area contributed by atoms with Crippen molar-refractivity contribution < 1.29 is 26.3 Å². The van der Waals surface area contributed by atoms with Gasteiger partial charge < -0.3 is 10.5 Å². The first kappa shape index (κ1) is 20.6.